The third kappa shape index (κ3) is 4.48. The van der Waals surface area contributed by atoms with E-state index in [1.807, 2.05) is 86.1 Å². The van der Waals surface area contributed by atoms with E-state index in [0.717, 1.165) is 28.2 Å². The van der Waals surface area contributed by atoms with Crippen molar-refractivity contribution in [3.05, 3.63) is 95.1 Å². The van der Waals surface area contributed by atoms with Crippen molar-refractivity contribution >= 4 is 12.0 Å². The summed E-state index contributed by atoms with van der Waals surface area (Å²) in [6.45, 7) is 5.75. The summed E-state index contributed by atoms with van der Waals surface area (Å²) in [6, 6.07) is 19.5. The molecule has 2 heterocycles. The predicted octanol–water partition coefficient (Wildman–Crippen LogP) is 5.21. The lowest BCUT2D eigenvalue weighted by Gasteiger charge is -2.03. The van der Waals surface area contributed by atoms with Crippen LogP contribution < -0.4 is 0 Å². The van der Waals surface area contributed by atoms with Gasteiger partial charge in [0.2, 0.25) is 5.89 Å². The minimum absolute atomic E-state index is 0.0482. The Balaban J connectivity index is 1.43. The second kappa shape index (κ2) is 8.83. The number of rotatable bonds is 6. The third-order valence-electron chi connectivity index (χ3n) is 5.00. The molecule has 0 aliphatic heterocycles. The normalized spacial score (nSPS) is 11.2. The van der Waals surface area contributed by atoms with Gasteiger partial charge in [0.1, 0.15) is 18.1 Å². The highest BCUT2D eigenvalue weighted by Gasteiger charge is 2.14. The largest absolute Gasteiger partial charge is 0.456 e. The van der Waals surface area contributed by atoms with Gasteiger partial charge in [-0.3, -0.25) is 0 Å². The molecule has 156 valence electrons. The average Bonchev–Trinajstić information content (AvgIpc) is 3.31. The van der Waals surface area contributed by atoms with Crippen molar-refractivity contribution in [1.29, 1.82) is 0 Å². The van der Waals surface area contributed by atoms with E-state index in [1.165, 1.54) is 6.08 Å². The van der Waals surface area contributed by atoms with Crippen molar-refractivity contribution in [2.45, 2.75) is 27.4 Å². The summed E-state index contributed by atoms with van der Waals surface area (Å²) in [5, 5.41) is 4.59. The Morgan fingerprint density at radius 2 is 1.71 bits per heavy atom. The fourth-order valence-corrected chi connectivity index (χ4v) is 3.32. The van der Waals surface area contributed by atoms with E-state index >= 15 is 0 Å². The molecule has 31 heavy (non-hydrogen) atoms. The van der Waals surface area contributed by atoms with E-state index < -0.39 is 5.97 Å². The van der Waals surface area contributed by atoms with E-state index in [4.69, 9.17) is 9.15 Å². The van der Waals surface area contributed by atoms with Crippen LogP contribution in [-0.2, 0) is 16.1 Å². The Morgan fingerprint density at radius 1 is 1.03 bits per heavy atom. The first-order chi connectivity index (χ1) is 15.0. The van der Waals surface area contributed by atoms with Crippen LogP contribution in [-0.4, -0.2) is 20.7 Å². The molecule has 6 nitrogen and oxygen atoms in total. The molecule has 0 N–H and O–H groups in total. The predicted molar refractivity (Wildman–Crippen MR) is 119 cm³/mol. The monoisotopic (exact) mass is 413 g/mol. The minimum atomic E-state index is -0.449. The number of ether oxygens (including phenoxy) is 1. The van der Waals surface area contributed by atoms with Gasteiger partial charge in [0, 0.05) is 22.9 Å². The van der Waals surface area contributed by atoms with Crippen molar-refractivity contribution in [3.63, 3.8) is 0 Å². The molecule has 2 aromatic carbocycles. The van der Waals surface area contributed by atoms with Crippen LogP contribution in [0.4, 0.5) is 0 Å². The number of carbonyl (C=O) groups excluding carboxylic acids is 1. The summed E-state index contributed by atoms with van der Waals surface area (Å²) in [4.78, 5) is 16.7. The lowest BCUT2D eigenvalue weighted by atomic mass is 10.2. The number of nitrogens with zero attached hydrogens (tertiary/aromatic N) is 3. The third-order valence-corrected chi connectivity index (χ3v) is 5.00. The summed E-state index contributed by atoms with van der Waals surface area (Å²) >= 11 is 0. The number of aromatic nitrogens is 3. The molecule has 0 spiro atoms. The van der Waals surface area contributed by atoms with Crippen molar-refractivity contribution in [1.82, 2.24) is 14.8 Å². The fraction of sp³-hybridized carbons (Fsp3) is 0.160. The topological polar surface area (TPSA) is 70.2 Å². The standard InChI is InChI=1S/C25H23N3O3/c1-17-22(18(2)28(27-17)21-12-8-5-9-13-21)14-15-24(29)30-16-23-19(3)31-25(26-23)20-10-6-4-7-11-20/h4-15H,16H2,1-3H3/b15-14+. The zero-order valence-electron chi connectivity index (χ0n) is 17.7. The molecule has 0 aliphatic rings. The number of benzene rings is 2. The second-order valence-electron chi connectivity index (χ2n) is 7.16. The van der Waals surface area contributed by atoms with Gasteiger partial charge in [-0.15, -0.1) is 0 Å². The molecule has 0 fully saturated rings. The molecule has 4 aromatic rings. The molecular weight excluding hydrogens is 390 g/mol. The van der Waals surface area contributed by atoms with Crippen molar-refractivity contribution in [3.8, 4) is 17.1 Å². The van der Waals surface area contributed by atoms with Crippen molar-refractivity contribution in [2.24, 2.45) is 0 Å². The molecule has 0 unspecified atom stereocenters. The molecule has 0 bridgehead atoms. The highest BCUT2D eigenvalue weighted by Crippen LogP contribution is 2.22. The van der Waals surface area contributed by atoms with E-state index in [9.17, 15) is 4.79 Å². The van der Waals surface area contributed by atoms with Crippen LogP contribution >= 0.6 is 0 Å². The highest BCUT2D eigenvalue weighted by molar-refractivity contribution is 5.87. The highest BCUT2D eigenvalue weighted by atomic mass is 16.5. The van der Waals surface area contributed by atoms with E-state index in [2.05, 4.69) is 10.1 Å². The quantitative estimate of drug-likeness (QED) is 0.321. The maximum absolute atomic E-state index is 12.3. The number of oxazole rings is 1. The van der Waals surface area contributed by atoms with Gasteiger partial charge in [0.05, 0.1) is 11.4 Å². The summed E-state index contributed by atoms with van der Waals surface area (Å²) < 4.78 is 12.9. The summed E-state index contributed by atoms with van der Waals surface area (Å²) in [6.07, 6.45) is 3.16. The Bertz CT molecular complexity index is 1220. The lowest BCUT2D eigenvalue weighted by molar-refractivity contribution is -0.139. The molecule has 4 rings (SSSR count). The Morgan fingerprint density at radius 3 is 2.42 bits per heavy atom. The zero-order chi connectivity index (χ0) is 21.8. The van der Waals surface area contributed by atoms with Gasteiger partial charge in [-0.05, 0) is 51.1 Å². The average molecular weight is 413 g/mol. The molecule has 0 saturated heterocycles. The smallest absolute Gasteiger partial charge is 0.331 e. The SMILES string of the molecule is Cc1nn(-c2ccccc2)c(C)c1/C=C/C(=O)OCc1nc(-c2ccccc2)oc1C. The maximum atomic E-state index is 12.3. The van der Waals surface area contributed by atoms with Crippen LogP contribution in [0.2, 0.25) is 0 Å². The van der Waals surface area contributed by atoms with E-state index in [1.54, 1.807) is 6.08 Å². The fourth-order valence-electron chi connectivity index (χ4n) is 3.32. The van der Waals surface area contributed by atoms with Gasteiger partial charge >= 0.3 is 5.97 Å². The van der Waals surface area contributed by atoms with Crippen LogP contribution in [0.25, 0.3) is 23.2 Å². The molecule has 0 radical (unpaired) electrons. The van der Waals surface area contributed by atoms with Gasteiger partial charge in [-0.2, -0.15) is 5.10 Å². The first kappa shape index (κ1) is 20.3. The maximum Gasteiger partial charge on any atom is 0.331 e. The van der Waals surface area contributed by atoms with E-state index in [-0.39, 0.29) is 6.61 Å². The molecule has 2 aromatic heterocycles. The number of esters is 1. The molecular formula is C25H23N3O3. The minimum Gasteiger partial charge on any atom is -0.456 e. The van der Waals surface area contributed by atoms with Crippen molar-refractivity contribution in [2.75, 3.05) is 0 Å². The van der Waals surface area contributed by atoms with Crippen molar-refractivity contribution < 1.29 is 13.9 Å². The lowest BCUT2D eigenvalue weighted by Crippen LogP contribution is -2.02. The summed E-state index contributed by atoms with van der Waals surface area (Å²) in [7, 11) is 0. The van der Waals surface area contributed by atoms with Gasteiger partial charge in [0.15, 0.2) is 0 Å². The first-order valence-electron chi connectivity index (χ1n) is 10.0. The number of hydrogen-bond donors (Lipinski definition) is 0. The van der Waals surface area contributed by atoms with Crippen LogP contribution in [0.1, 0.15) is 28.4 Å². The Kier molecular flexibility index (Phi) is 5.80. The molecule has 0 aliphatic carbocycles. The van der Waals surface area contributed by atoms with Gasteiger partial charge in [-0.1, -0.05) is 36.4 Å². The van der Waals surface area contributed by atoms with Crippen LogP contribution in [0.5, 0.6) is 0 Å². The van der Waals surface area contributed by atoms with Gasteiger partial charge in [0.25, 0.3) is 0 Å². The second-order valence-corrected chi connectivity index (χ2v) is 7.16. The Hall–Kier alpha value is -3.93. The number of carbonyl (C=O) groups is 1. The molecule has 0 atom stereocenters. The van der Waals surface area contributed by atoms with Crippen LogP contribution in [0.3, 0.4) is 0 Å². The molecule has 6 heteroatoms. The van der Waals surface area contributed by atoms with E-state index in [0.29, 0.717) is 17.3 Å². The number of hydrogen-bond acceptors (Lipinski definition) is 5. The number of aryl methyl sites for hydroxylation is 2. The molecule has 0 saturated carbocycles. The first-order valence-corrected chi connectivity index (χ1v) is 10.0. The van der Waals surface area contributed by atoms with Crippen LogP contribution in [0, 0.1) is 20.8 Å². The summed E-state index contributed by atoms with van der Waals surface area (Å²) in [5.74, 6) is 0.695. The number of para-hydroxylation sites is 1. The van der Waals surface area contributed by atoms with Crippen LogP contribution in [0.15, 0.2) is 71.2 Å². The van der Waals surface area contributed by atoms with Gasteiger partial charge in [-0.25, -0.2) is 14.5 Å². The van der Waals surface area contributed by atoms with Gasteiger partial charge < -0.3 is 9.15 Å². The Labute approximate surface area is 180 Å². The summed E-state index contributed by atoms with van der Waals surface area (Å²) in [5.41, 5.74) is 5.14. The molecule has 0 amide bonds. The zero-order valence-corrected chi connectivity index (χ0v) is 17.7.